The van der Waals surface area contributed by atoms with Crippen LogP contribution in [-0.2, 0) is 0 Å². The Balaban J connectivity index is 0.00000324. The molecule has 2 aromatic carbocycles. The summed E-state index contributed by atoms with van der Waals surface area (Å²) in [7, 11) is 4.33. The number of rotatable bonds is 18. The molecule has 0 fully saturated rings. The maximum Gasteiger partial charge on any atom is 0.407 e. The summed E-state index contributed by atoms with van der Waals surface area (Å²) < 4.78 is 2.53. The number of anilines is 2. The van der Waals surface area contributed by atoms with Crippen molar-refractivity contribution < 1.29 is 0 Å². The molecule has 10 heteroatoms. The molecular formula is C35H59Al2Cl4N4. The van der Waals surface area contributed by atoms with Crippen molar-refractivity contribution in [1.82, 2.24) is 9.80 Å². The fraction of sp³-hybridized carbons (Fsp3) is 0.657. The van der Waals surface area contributed by atoms with Gasteiger partial charge in [0.05, 0.1) is 31.5 Å². The molecule has 0 aliphatic heterocycles. The van der Waals surface area contributed by atoms with Crippen molar-refractivity contribution in [1.29, 1.82) is 0 Å². The topological polar surface area (TPSA) is 13.0 Å². The van der Waals surface area contributed by atoms with Gasteiger partial charge in [-0.1, -0.05) is 83.5 Å². The van der Waals surface area contributed by atoms with Crippen LogP contribution in [0.5, 0.6) is 0 Å². The van der Waals surface area contributed by atoms with Gasteiger partial charge >= 0.3 is 14.4 Å². The van der Waals surface area contributed by atoms with E-state index in [9.17, 15) is 0 Å². The van der Waals surface area contributed by atoms with Crippen LogP contribution >= 0.6 is 46.4 Å². The summed E-state index contributed by atoms with van der Waals surface area (Å²) in [5.41, 5.74) is 1.92. The Labute approximate surface area is 308 Å². The van der Waals surface area contributed by atoms with Crippen LogP contribution < -0.4 is 8.78 Å². The first kappa shape index (κ1) is 43.2. The molecule has 0 saturated carbocycles. The third-order valence-electron chi connectivity index (χ3n) is 8.67. The van der Waals surface area contributed by atoms with Crippen LogP contribution in [0.3, 0.4) is 0 Å². The van der Waals surface area contributed by atoms with Gasteiger partial charge in [-0.2, -0.15) is 0 Å². The largest absolute Gasteiger partial charge is 0.458 e. The Morgan fingerprint density at radius 1 is 0.667 bits per heavy atom. The predicted octanol–water partition coefficient (Wildman–Crippen LogP) is 11.0. The van der Waals surface area contributed by atoms with Gasteiger partial charge < -0.3 is 18.6 Å². The van der Waals surface area contributed by atoms with Crippen molar-refractivity contribution >= 4 is 87.4 Å². The Morgan fingerprint density at radius 3 is 1.58 bits per heavy atom. The lowest BCUT2D eigenvalue weighted by Crippen LogP contribution is -2.46. The van der Waals surface area contributed by atoms with Crippen LogP contribution in [0, 0.1) is 0 Å². The molecule has 4 unspecified atom stereocenters. The first-order valence-corrected chi connectivity index (χ1v) is 23.4. The number of unbranched alkanes of at least 4 members (excludes halogenated alkanes) is 1. The minimum atomic E-state index is -1.21. The van der Waals surface area contributed by atoms with E-state index in [1.165, 1.54) is 12.8 Å². The van der Waals surface area contributed by atoms with Crippen molar-refractivity contribution in [3.8, 4) is 0 Å². The Hall–Kier alpha value is 0.185. The van der Waals surface area contributed by atoms with Crippen LogP contribution in [0.4, 0.5) is 11.4 Å². The van der Waals surface area contributed by atoms with Crippen molar-refractivity contribution in [3.63, 3.8) is 0 Å². The van der Waals surface area contributed by atoms with E-state index in [1.54, 1.807) is 0 Å². The number of halogens is 4. The zero-order valence-corrected chi connectivity index (χ0v) is 35.2. The molecule has 4 atom stereocenters. The van der Waals surface area contributed by atoms with E-state index in [2.05, 4.69) is 90.4 Å². The van der Waals surface area contributed by atoms with Crippen LogP contribution in [-0.4, -0.2) is 97.3 Å². The quantitative estimate of drug-likeness (QED) is 0.142. The average Bonchev–Trinajstić information content (AvgIpc) is 2.96. The average molecular weight is 732 g/mol. The summed E-state index contributed by atoms with van der Waals surface area (Å²) in [6.07, 6.45) is 5.68. The molecule has 45 heavy (non-hydrogen) atoms. The van der Waals surface area contributed by atoms with Gasteiger partial charge in [0.1, 0.15) is 0 Å². The van der Waals surface area contributed by atoms with Gasteiger partial charge in [-0.3, -0.25) is 0 Å². The minimum Gasteiger partial charge on any atom is -0.458 e. The molecule has 0 bridgehead atoms. The maximum atomic E-state index is 6.66. The summed E-state index contributed by atoms with van der Waals surface area (Å²) in [6, 6.07) is 13.1. The molecule has 0 aromatic heterocycles. The van der Waals surface area contributed by atoms with Gasteiger partial charge in [-0.05, 0) is 104 Å². The SMILES string of the molecule is CCCCN(CCCN(C)C(C)CC(C)N(C)c1c(Cl)cccc1Cl)C(C)CC(C)[N](c1c(Cl)cccc1Cl)[Al]([CH3])[CH3].[CH3][Al][CH3]. The van der Waals surface area contributed by atoms with Crippen molar-refractivity contribution in [2.24, 2.45) is 0 Å². The lowest BCUT2D eigenvalue weighted by Gasteiger charge is -2.40. The first-order valence-electron chi connectivity index (χ1n) is 16.8. The van der Waals surface area contributed by atoms with Crippen LogP contribution in [0.2, 0.25) is 43.2 Å². The minimum absolute atomic E-state index is 0.307. The molecule has 0 aliphatic rings. The van der Waals surface area contributed by atoms with E-state index in [0.29, 0.717) is 34.2 Å². The summed E-state index contributed by atoms with van der Waals surface area (Å²) in [5, 5.41) is 2.89. The monoisotopic (exact) mass is 729 g/mol. The van der Waals surface area contributed by atoms with Gasteiger partial charge in [-0.25, -0.2) is 0 Å². The van der Waals surface area contributed by atoms with E-state index in [-0.39, 0.29) is 0 Å². The molecule has 2 rings (SSSR count). The van der Waals surface area contributed by atoms with E-state index in [4.69, 9.17) is 46.4 Å². The number of nitrogens with zero attached hydrogens (tertiary/aromatic N) is 4. The zero-order chi connectivity index (χ0) is 34.3. The fourth-order valence-corrected chi connectivity index (χ4v) is 9.37. The molecule has 1 radical (unpaired) electrons. The van der Waals surface area contributed by atoms with Crippen LogP contribution in [0.25, 0.3) is 0 Å². The lowest BCUT2D eigenvalue weighted by atomic mass is 10.1. The first-order chi connectivity index (χ1) is 21.2. The second-order valence-corrected chi connectivity index (χ2v) is 18.4. The van der Waals surface area contributed by atoms with Gasteiger partial charge in [0.2, 0.25) is 0 Å². The normalized spacial score (nSPS) is 14.0. The van der Waals surface area contributed by atoms with Crippen molar-refractivity contribution in [2.75, 3.05) is 42.5 Å². The highest BCUT2D eigenvalue weighted by molar-refractivity contribution is 6.61. The number of hydrogen-bond acceptors (Lipinski definition) is 4. The third-order valence-corrected chi connectivity index (χ3v) is 11.8. The summed E-state index contributed by atoms with van der Waals surface area (Å²) >= 11 is 25.8. The molecule has 2 aromatic rings. The zero-order valence-electron chi connectivity index (χ0n) is 29.9. The van der Waals surface area contributed by atoms with Gasteiger partial charge in [0.15, 0.2) is 15.2 Å². The summed E-state index contributed by atoms with van der Waals surface area (Å²) in [5.74, 6) is 9.13. The summed E-state index contributed by atoms with van der Waals surface area (Å²) in [4.78, 5) is 7.40. The number of hydrogen-bond donors (Lipinski definition) is 0. The summed E-state index contributed by atoms with van der Waals surface area (Å²) in [6.45, 7) is 14.9. The molecule has 0 amide bonds. The Kier molecular flexibility index (Phi) is 21.8. The predicted molar refractivity (Wildman–Crippen MR) is 210 cm³/mol. The molecule has 4 nitrogen and oxygen atoms in total. The van der Waals surface area contributed by atoms with E-state index < -0.39 is 14.4 Å². The van der Waals surface area contributed by atoms with Crippen molar-refractivity contribution in [3.05, 3.63) is 56.5 Å². The second-order valence-electron chi connectivity index (χ2n) is 12.9. The van der Waals surface area contributed by atoms with Crippen LogP contribution in [0.15, 0.2) is 36.4 Å². The standard InChI is InChI=1S/C31H47Cl4N4.4CH3.2Al/c1-8-9-18-39(25(5)20-22(2)36-30-26(32)13-10-14-27(30)33)19-12-17-37(6)23(3)21-24(4)38(7)31-28(34)15-11-16-29(31)35;;;;;;/h10-11,13-16,22-25H,8-9,12,17-21H2,1-7H3;4*1H3;;/q-1;;;;;;+1. The molecular weight excluding hydrogens is 672 g/mol. The highest BCUT2D eigenvalue weighted by Crippen LogP contribution is 2.37. The lowest BCUT2D eigenvalue weighted by molar-refractivity contribution is 0.168. The number of para-hydroxylation sites is 2. The second kappa shape index (κ2) is 22.7. The Morgan fingerprint density at radius 2 is 1.11 bits per heavy atom. The van der Waals surface area contributed by atoms with Gasteiger partial charge in [0, 0.05) is 31.2 Å². The van der Waals surface area contributed by atoms with E-state index in [0.717, 1.165) is 75.5 Å². The molecule has 0 heterocycles. The maximum absolute atomic E-state index is 6.66. The fourth-order valence-electron chi connectivity index (χ4n) is 6.01. The van der Waals surface area contributed by atoms with Gasteiger partial charge in [0.25, 0.3) is 0 Å². The molecule has 0 N–H and O–H groups in total. The molecule has 0 saturated heterocycles. The van der Waals surface area contributed by atoms with Gasteiger partial charge in [-0.15, -0.1) is 11.6 Å². The highest BCUT2D eigenvalue weighted by Gasteiger charge is 2.28. The molecule has 0 spiro atoms. The third kappa shape index (κ3) is 14.3. The highest BCUT2D eigenvalue weighted by atomic mass is 35.5. The number of benzene rings is 2. The van der Waals surface area contributed by atoms with E-state index >= 15 is 0 Å². The van der Waals surface area contributed by atoms with Crippen molar-refractivity contribution in [2.45, 2.75) is 114 Å². The van der Waals surface area contributed by atoms with E-state index in [1.807, 2.05) is 36.4 Å². The molecule has 0 aliphatic carbocycles. The molecule has 253 valence electrons. The smallest absolute Gasteiger partial charge is 0.407 e. The Bertz CT molecular complexity index is 1070. The van der Waals surface area contributed by atoms with Crippen LogP contribution in [0.1, 0.15) is 66.7 Å².